The predicted octanol–water partition coefficient (Wildman–Crippen LogP) is 5.59. The first-order valence-electron chi connectivity index (χ1n) is 9.10. The van der Waals surface area contributed by atoms with E-state index in [1.54, 1.807) is 48.5 Å². The molecule has 148 valence electrons. The predicted molar refractivity (Wildman–Crippen MR) is 112 cm³/mol. The van der Waals surface area contributed by atoms with Gasteiger partial charge in [0.1, 0.15) is 0 Å². The molecule has 0 saturated heterocycles. The number of rotatable bonds is 7. The van der Waals surface area contributed by atoms with Crippen molar-refractivity contribution in [1.29, 1.82) is 0 Å². The summed E-state index contributed by atoms with van der Waals surface area (Å²) in [6.07, 6.45) is 0.876. The van der Waals surface area contributed by atoms with Crippen molar-refractivity contribution in [2.45, 2.75) is 37.1 Å². The van der Waals surface area contributed by atoms with Gasteiger partial charge >= 0.3 is 0 Å². The molecule has 0 aliphatic rings. The van der Waals surface area contributed by atoms with Gasteiger partial charge in [-0.25, -0.2) is 8.42 Å². The van der Waals surface area contributed by atoms with Crippen LogP contribution in [-0.4, -0.2) is 19.9 Å². The van der Waals surface area contributed by atoms with Gasteiger partial charge in [0, 0.05) is 17.1 Å². The third-order valence-corrected chi connectivity index (χ3v) is 6.21. The molecule has 3 rings (SSSR count). The lowest BCUT2D eigenvalue weighted by molar-refractivity contribution is 0.562. The van der Waals surface area contributed by atoms with Crippen molar-refractivity contribution in [3.8, 4) is 11.5 Å². The van der Waals surface area contributed by atoms with E-state index in [0.29, 0.717) is 23.0 Å². The first kappa shape index (κ1) is 20.4. The maximum atomic E-state index is 13.2. The smallest absolute Gasteiger partial charge is 0.233 e. The van der Waals surface area contributed by atoms with Crippen LogP contribution in [0.2, 0.25) is 5.02 Å². The van der Waals surface area contributed by atoms with Crippen LogP contribution in [0.15, 0.2) is 62.9 Å². The zero-order chi connectivity index (χ0) is 20.3. The van der Waals surface area contributed by atoms with E-state index < -0.39 is 9.84 Å². The summed E-state index contributed by atoms with van der Waals surface area (Å²) in [7, 11) is -3.83. The first-order valence-corrected chi connectivity index (χ1v) is 11.0. The summed E-state index contributed by atoms with van der Waals surface area (Å²) in [5, 5.41) is 3.57. The molecule has 0 fully saturated rings. The van der Waals surface area contributed by atoms with Crippen LogP contribution in [0.5, 0.6) is 0 Å². The summed E-state index contributed by atoms with van der Waals surface area (Å²) in [4.78, 5) is 4.50. The molecule has 0 amide bonds. The summed E-state index contributed by atoms with van der Waals surface area (Å²) in [5.74, 6) is 0.865. The van der Waals surface area contributed by atoms with Crippen molar-refractivity contribution in [3.63, 3.8) is 0 Å². The second-order valence-electron chi connectivity index (χ2n) is 7.09. The van der Waals surface area contributed by atoms with Crippen LogP contribution >= 0.6 is 11.6 Å². The second kappa shape index (κ2) is 8.37. The minimum atomic E-state index is -3.83. The van der Waals surface area contributed by atoms with Crippen LogP contribution in [0.4, 0.5) is 5.88 Å². The van der Waals surface area contributed by atoms with Gasteiger partial charge in [-0.15, -0.1) is 0 Å². The van der Waals surface area contributed by atoms with Gasteiger partial charge in [-0.2, -0.15) is 4.98 Å². The maximum absolute atomic E-state index is 13.2. The standard InChI is InChI=1S/C21H23ClN2O3S/c1-14(2)12-13-23-20-21(28(25,26)18-10-4-15(3)5-11-18)24-19(27-20)16-6-8-17(22)9-7-16/h4-11,14,23H,12-13H2,1-3H3. The maximum Gasteiger partial charge on any atom is 0.233 e. The van der Waals surface area contributed by atoms with Crippen molar-refractivity contribution in [3.05, 3.63) is 59.1 Å². The number of nitrogens with zero attached hydrogens (tertiary/aromatic N) is 1. The molecule has 0 unspecified atom stereocenters. The normalized spacial score (nSPS) is 11.8. The minimum Gasteiger partial charge on any atom is -0.419 e. The number of halogens is 1. The van der Waals surface area contributed by atoms with Gasteiger partial charge < -0.3 is 9.73 Å². The molecular formula is C21H23ClN2O3S. The summed E-state index contributed by atoms with van der Waals surface area (Å²) in [6.45, 7) is 6.70. The van der Waals surface area contributed by atoms with E-state index >= 15 is 0 Å². The van der Waals surface area contributed by atoms with Gasteiger partial charge in [-0.3, -0.25) is 0 Å². The SMILES string of the molecule is Cc1ccc(S(=O)(=O)c2nc(-c3ccc(Cl)cc3)oc2NCCC(C)C)cc1. The second-order valence-corrected chi connectivity index (χ2v) is 9.39. The number of aromatic nitrogens is 1. The summed E-state index contributed by atoms with van der Waals surface area (Å²) >= 11 is 5.94. The lowest BCUT2D eigenvalue weighted by atomic mass is 10.1. The van der Waals surface area contributed by atoms with Crippen LogP contribution in [0.25, 0.3) is 11.5 Å². The summed E-state index contributed by atoms with van der Waals surface area (Å²) < 4.78 is 32.2. The van der Waals surface area contributed by atoms with Crippen LogP contribution in [0, 0.1) is 12.8 Å². The van der Waals surface area contributed by atoms with Gasteiger partial charge in [-0.05, 0) is 55.7 Å². The zero-order valence-electron chi connectivity index (χ0n) is 16.1. The van der Waals surface area contributed by atoms with Crippen LogP contribution in [0.3, 0.4) is 0 Å². The number of aryl methyl sites for hydroxylation is 1. The molecule has 5 nitrogen and oxygen atoms in total. The van der Waals surface area contributed by atoms with Crippen molar-refractivity contribution >= 4 is 27.3 Å². The van der Waals surface area contributed by atoms with E-state index in [0.717, 1.165) is 12.0 Å². The molecule has 1 heterocycles. The Morgan fingerprint density at radius 1 is 1.07 bits per heavy atom. The van der Waals surface area contributed by atoms with Gasteiger partial charge in [-0.1, -0.05) is 43.1 Å². The number of sulfone groups is 1. The molecule has 0 radical (unpaired) electrons. The Hall–Kier alpha value is -2.31. The number of hydrogen-bond acceptors (Lipinski definition) is 5. The molecule has 3 aromatic rings. The lowest BCUT2D eigenvalue weighted by Crippen LogP contribution is -2.09. The monoisotopic (exact) mass is 418 g/mol. The molecule has 1 aromatic heterocycles. The van der Waals surface area contributed by atoms with Gasteiger partial charge in [0.25, 0.3) is 0 Å². The van der Waals surface area contributed by atoms with Gasteiger partial charge in [0.2, 0.25) is 26.6 Å². The average molecular weight is 419 g/mol. The van der Waals surface area contributed by atoms with Gasteiger partial charge in [0.15, 0.2) is 0 Å². The highest BCUT2D eigenvalue weighted by Crippen LogP contribution is 2.33. The molecule has 0 saturated carbocycles. The average Bonchev–Trinajstić information content (AvgIpc) is 3.07. The van der Waals surface area contributed by atoms with E-state index in [1.165, 1.54) is 0 Å². The van der Waals surface area contributed by atoms with E-state index in [2.05, 4.69) is 24.1 Å². The number of benzene rings is 2. The fraction of sp³-hybridized carbons (Fsp3) is 0.286. The molecule has 1 N–H and O–H groups in total. The molecule has 7 heteroatoms. The largest absolute Gasteiger partial charge is 0.419 e. The quantitative estimate of drug-likeness (QED) is 0.541. The Labute approximate surface area is 170 Å². The highest BCUT2D eigenvalue weighted by atomic mass is 35.5. The molecule has 0 atom stereocenters. The highest BCUT2D eigenvalue weighted by molar-refractivity contribution is 7.91. The summed E-state index contributed by atoms with van der Waals surface area (Å²) in [6, 6.07) is 13.6. The van der Waals surface area contributed by atoms with Crippen molar-refractivity contribution in [2.24, 2.45) is 5.92 Å². The number of nitrogens with one attached hydrogen (secondary N) is 1. The van der Waals surface area contributed by atoms with E-state index in [9.17, 15) is 8.42 Å². The Bertz CT molecular complexity index is 1040. The van der Waals surface area contributed by atoms with Crippen molar-refractivity contribution in [2.75, 3.05) is 11.9 Å². The fourth-order valence-corrected chi connectivity index (χ4v) is 4.02. The van der Waals surface area contributed by atoms with Crippen molar-refractivity contribution in [1.82, 2.24) is 4.98 Å². The van der Waals surface area contributed by atoms with E-state index in [1.807, 2.05) is 6.92 Å². The number of oxazole rings is 1. The topological polar surface area (TPSA) is 72.2 Å². The van der Waals surface area contributed by atoms with Crippen molar-refractivity contribution < 1.29 is 12.8 Å². The molecule has 0 bridgehead atoms. The summed E-state index contributed by atoms with van der Waals surface area (Å²) in [5.41, 5.74) is 1.64. The Morgan fingerprint density at radius 3 is 2.32 bits per heavy atom. The zero-order valence-corrected chi connectivity index (χ0v) is 17.6. The first-order chi connectivity index (χ1) is 13.3. The molecule has 2 aromatic carbocycles. The third kappa shape index (κ3) is 4.56. The Balaban J connectivity index is 2.03. The van der Waals surface area contributed by atoms with Gasteiger partial charge in [0.05, 0.1) is 4.90 Å². The van der Waals surface area contributed by atoms with E-state index in [4.69, 9.17) is 16.0 Å². The number of anilines is 1. The van der Waals surface area contributed by atoms with E-state index in [-0.39, 0.29) is 21.7 Å². The highest BCUT2D eigenvalue weighted by Gasteiger charge is 2.28. The molecule has 0 aliphatic heterocycles. The van der Waals surface area contributed by atoms with Crippen LogP contribution in [-0.2, 0) is 9.84 Å². The molecule has 0 aliphatic carbocycles. The third-order valence-electron chi connectivity index (χ3n) is 4.28. The van der Waals surface area contributed by atoms with Crippen LogP contribution in [0.1, 0.15) is 25.8 Å². The Kier molecular flexibility index (Phi) is 6.10. The minimum absolute atomic E-state index is 0.106. The number of hydrogen-bond donors (Lipinski definition) is 1. The Morgan fingerprint density at radius 2 is 1.71 bits per heavy atom. The molecular weight excluding hydrogens is 396 g/mol. The fourth-order valence-electron chi connectivity index (χ4n) is 2.62. The lowest BCUT2D eigenvalue weighted by Gasteiger charge is -2.07. The molecule has 28 heavy (non-hydrogen) atoms. The molecule has 0 spiro atoms. The van der Waals surface area contributed by atoms with Crippen LogP contribution < -0.4 is 5.32 Å².